The highest BCUT2D eigenvalue weighted by molar-refractivity contribution is 5.95. The van der Waals surface area contributed by atoms with Crippen LogP contribution in [0.15, 0.2) is 47.6 Å². The predicted molar refractivity (Wildman–Crippen MR) is 87.3 cm³/mol. The molecular formula is C17H18N2O4. The topological polar surface area (TPSA) is 80.2 Å². The van der Waals surface area contributed by atoms with Crippen molar-refractivity contribution in [2.75, 3.05) is 13.7 Å². The maximum atomic E-state index is 11.9. The summed E-state index contributed by atoms with van der Waals surface area (Å²) in [5, 5.41) is 13.1. The van der Waals surface area contributed by atoms with Crippen molar-refractivity contribution in [2.45, 2.75) is 6.92 Å². The second-order valence-electron chi connectivity index (χ2n) is 4.59. The van der Waals surface area contributed by atoms with Gasteiger partial charge in [-0.1, -0.05) is 0 Å². The van der Waals surface area contributed by atoms with Crippen molar-refractivity contribution in [1.82, 2.24) is 5.43 Å². The average molecular weight is 314 g/mol. The molecule has 0 saturated heterocycles. The summed E-state index contributed by atoms with van der Waals surface area (Å²) in [4.78, 5) is 11.9. The highest BCUT2D eigenvalue weighted by atomic mass is 16.5. The number of aromatic hydroxyl groups is 1. The third-order valence-electron chi connectivity index (χ3n) is 3.00. The number of carbonyl (C=O) groups excluding carboxylic acids is 1. The first-order valence-electron chi connectivity index (χ1n) is 7.07. The molecule has 2 aromatic carbocycles. The van der Waals surface area contributed by atoms with E-state index in [1.165, 1.54) is 30.5 Å². The van der Waals surface area contributed by atoms with Gasteiger partial charge in [0.15, 0.2) is 11.5 Å². The molecule has 0 spiro atoms. The molecule has 120 valence electrons. The number of phenolic OH excluding ortho intramolecular Hbond substituents is 1. The lowest BCUT2D eigenvalue weighted by molar-refractivity contribution is 0.0955. The number of hydrogen-bond donors (Lipinski definition) is 2. The van der Waals surface area contributed by atoms with Crippen LogP contribution in [-0.4, -0.2) is 30.9 Å². The van der Waals surface area contributed by atoms with E-state index in [4.69, 9.17) is 9.47 Å². The van der Waals surface area contributed by atoms with Gasteiger partial charge in [0.25, 0.3) is 5.91 Å². The molecule has 0 atom stereocenters. The highest BCUT2D eigenvalue weighted by Gasteiger charge is 2.05. The van der Waals surface area contributed by atoms with Crippen molar-refractivity contribution in [1.29, 1.82) is 0 Å². The summed E-state index contributed by atoms with van der Waals surface area (Å²) < 4.78 is 10.7. The molecule has 23 heavy (non-hydrogen) atoms. The minimum atomic E-state index is -0.362. The normalized spacial score (nSPS) is 10.5. The summed E-state index contributed by atoms with van der Waals surface area (Å²) in [7, 11) is 1.56. The number of rotatable bonds is 6. The molecule has 1 amide bonds. The van der Waals surface area contributed by atoms with Gasteiger partial charge in [-0.05, 0) is 55.0 Å². The van der Waals surface area contributed by atoms with E-state index in [1.54, 1.807) is 19.2 Å². The number of hydrazone groups is 1. The number of benzene rings is 2. The fourth-order valence-electron chi connectivity index (χ4n) is 1.88. The quantitative estimate of drug-likeness (QED) is 0.634. The number of nitrogens with one attached hydrogen (secondary N) is 1. The Morgan fingerprint density at radius 2 is 1.96 bits per heavy atom. The molecule has 6 nitrogen and oxygen atoms in total. The van der Waals surface area contributed by atoms with E-state index in [0.29, 0.717) is 23.7 Å². The Morgan fingerprint density at radius 3 is 2.61 bits per heavy atom. The Hall–Kier alpha value is -3.02. The number of nitrogens with zero attached hydrogens (tertiary/aromatic N) is 1. The molecule has 0 aliphatic rings. The third kappa shape index (κ3) is 4.47. The minimum absolute atomic E-state index is 0.103. The van der Waals surface area contributed by atoms with E-state index in [2.05, 4.69) is 10.5 Å². The smallest absolute Gasteiger partial charge is 0.271 e. The Kier molecular flexibility index (Phi) is 5.57. The molecule has 2 rings (SSSR count). The highest BCUT2D eigenvalue weighted by Crippen LogP contribution is 2.27. The molecular weight excluding hydrogens is 296 g/mol. The van der Waals surface area contributed by atoms with Crippen molar-refractivity contribution in [3.63, 3.8) is 0 Å². The van der Waals surface area contributed by atoms with Crippen LogP contribution < -0.4 is 14.9 Å². The fraction of sp³-hybridized carbons (Fsp3) is 0.176. The zero-order chi connectivity index (χ0) is 16.7. The number of ether oxygens (including phenoxy) is 2. The van der Waals surface area contributed by atoms with E-state index in [1.807, 2.05) is 13.0 Å². The van der Waals surface area contributed by atoms with E-state index in [-0.39, 0.29) is 11.7 Å². The summed E-state index contributed by atoms with van der Waals surface area (Å²) in [6.45, 7) is 2.44. The summed E-state index contributed by atoms with van der Waals surface area (Å²) >= 11 is 0. The van der Waals surface area contributed by atoms with Crippen LogP contribution in [0.2, 0.25) is 0 Å². The molecule has 0 radical (unpaired) electrons. The Bertz CT molecular complexity index is 696. The maximum absolute atomic E-state index is 11.9. The first-order chi connectivity index (χ1) is 11.1. The molecule has 0 saturated carbocycles. The van der Waals surface area contributed by atoms with Gasteiger partial charge in [-0.15, -0.1) is 0 Å². The minimum Gasteiger partial charge on any atom is -0.508 e. The number of amides is 1. The monoisotopic (exact) mass is 314 g/mol. The summed E-state index contributed by atoms with van der Waals surface area (Å²) in [5.74, 6) is 0.992. The lowest BCUT2D eigenvalue weighted by Crippen LogP contribution is -2.17. The zero-order valence-corrected chi connectivity index (χ0v) is 12.9. The largest absolute Gasteiger partial charge is 0.508 e. The summed E-state index contributed by atoms with van der Waals surface area (Å²) in [5.41, 5.74) is 3.59. The van der Waals surface area contributed by atoms with Gasteiger partial charge in [0.1, 0.15) is 5.75 Å². The first kappa shape index (κ1) is 16.4. The van der Waals surface area contributed by atoms with Crippen LogP contribution in [0.4, 0.5) is 0 Å². The van der Waals surface area contributed by atoms with Gasteiger partial charge in [0, 0.05) is 5.56 Å². The molecule has 0 unspecified atom stereocenters. The number of carbonyl (C=O) groups is 1. The number of methoxy groups -OCH3 is 1. The molecule has 0 fully saturated rings. The van der Waals surface area contributed by atoms with E-state index >= 15 is 0 Å². The average Bonchev–Trinajstić information content (AvgIpc) is 2.56. The van der Waals surface area contributed by atoms with E-state index in [9.17, 15) is 9.90 Å². The van der Waals surface area contributed by atoms with Gasteiger partial charge in [0.2, 0.25) is 0 Å². The Balaban J connectivity index is 2.02. The van der Waals surface area contributed by atoms with Crippen LogP contribution in [0.25, 0.3) is 0 Å². The van der Waals surface area contributed by atoms with Crippen molar-refractivity contribution in [3.05, 3.63) is 53.6 Å². The van der Waals surface area contributed by atoms with Crippen molar-refractivity contribution >= 4 is 12.1 Å². The third-order valence-corrected chi connectivity index (χ3v) is 3.00. The molecule has 2 aromatic rings. The van der Waals surface area contributed by atoms with Crippen LogP contribution in [-0.2, 0) is 0 Å². The van der Waals surface area contributed by atoms with Gasteiger partial charge >= 0.3 is 0 Å². The molecule has 0 aliphatic carbocycles. The predicted octanol–water partition coefficient (Wildman–Crippen LogP) is 2.56. The van der Waals surface area contributed by atoms with Crippen LogP contribution >= 0.6 is 0 Å². The van der Waals surface area contributed by atoms with Gasteiger partial charge in [0.05, 0.1) is 19.9 Å². The van der Waals surface area contributed by atoms with Crippen LogP contribution in [0.5, 0.6) is 17.2 Å². The Labute approximate surface area is 134 Å². The molecule has 0 aromatic heterocycles. The molecule has 2 N–H and O–H groups in total. The molecule has 6 heteroatoms. The van der Waals surface area contributed by atoms with Crippen LogP contribution in [0.3, 0.4) is 0 Å². The van der Waals surface area contributed by atoms with Gasteiger partial charge < -0.3 is 14.6 Å². The van der Waals surface area contributed by atoms with Gasteiger partial charge in [-0.3, -0.25) is 4.79 Å². The molecule has 0 aliphatic heterocycles. The first-order valence-corrected chi connectivity index (χ1v) is 7.07. The van der Waals surface area contributed by atoms with Crippen LogP contribution in [0.1, 0.15) is 22.8 Å². The number of phenols is 1. The summed E-state index contributed by atoms with van der Waals surface area (Å²) in [6.07, 6.45) is 1.51. The SMILES string of the molecule is CCOc1ccc(C=NNC(=O)c2ccc(O)cc2)cc1OC. The number of hydrogen-bond acceptors (Lipinski definition) is 5. The van der Waals surface area contributed by atoms with E-state index < -0.39 is 0 Å². The lowest BCUT2D eigenvalue weighted by atomic mass is 10.2. The second-order valence-corrected chi connectivity index (χ2v) is 4.59. The zero-order valence-electron chi connectivity index (χ0n) is 12.9. The van der Waals surface area contributed by atoms with E-state index in [0.717, 1.165) is 5.56 Å². The van der Waals surface area contributed by atoms with Crippen molar-refractivity contribution < 1.29 is 19.4 Å². The van der Waals surface area contributed by atoms with Gasteiger partial charge in [-0.25, -0.2) is 5.43 Å². The standard InChI is InChI=1S/C17H18N2O4/c1-3-23-15-9-4-12(10-16(15)22-2)11-18-19-17(21)13-5-7-14(20)8-6-13/h4-11,20H,3H2,1-2H3,(H,19,21). The maximum Gasteiger partial charge on any atom is 0.271 e. The fourth-order valence-corrected chi connectivity index (χ4v) is 1.88. The van der Waals surface area contributed by atoms with Crippen LogP contribution in [0, 0.1) is 0 Å². The lowest BCUT2D eigenvalue weighted by Gasteiger charge is -2.09. The molecule has 0 heterocycles. The molecule has 0 bridgehead atoms. The van der Waals surface area contributed by atoms with Crippen molar-refractivity contribution in [3.8, 4) is 17.2 Å². The summed E-state index contributed by atoms with van der Waals surface area (Å²) in [6, 6.07) is 11.3. The van der Waals surface area contributed by atoms with Gasteiger partial charge in [-0.2, -0.15) is 5.10 Å². The Morgan fingerprint density at radius 1 is 1.22 bits per heavy atom. The van der Waals surface area contributed by atoms with Crippen molar-refractivity contribution in [2.24, 2.45) is 5.10 Å². The second kappa shape index (κ2) is 7.84.